The third-order valence-electron chi connectivity index (χ3n) is 4.60. The van der Waals surface area contributed by atoms with Gasteiger partial charge < -0.3 is 15.1 Å². The average molecular weight is 414 g/mol. The fraction of sp³-hybridized carbons (Fsp3) is 0.190. The molecule has 8 heteroatoms. The van der Waals surface area contributed by atoms with Crippen molar-refractivity contribution >= 4 is 32.5 Å². The van der Waals surface area contributed by atoms with Crippen LogP contribution in [0.3, 0.4) is 0 Å². The van der Waals surface area contributed by atoms with Crippen LogP contribution in [0, 0.1) is 0 Å². The Balaban J connectivity index is 1.98. The molecule has 0 saturated heterocycles. The van der Waals surface area contributed by atoms with Gasteiger partial charge in [-0.15, -0.1) is 0 Å². The zero-order chi connectivity index (χ0) is 21.2. The van der Waals surface area contributed by atoms with Gasteiger partial charge in [-0.1, -0.05) is 36.4 Å². The van der Waals surface area contributed by atoms with Crippen LogP contribution in [-0.2, 0) is 21.2 Å². The van der Waals surface area contributed by atoms with E-state index in [2.05, 4.69) is 4.72 Å². The number of carboxylic acids is 1. The Kier molecular flexibility index (Phi) is 5.76. The Morgan fingerprint density at radius 2 is 1.62 bits per heavy atom. The first-order valence-electron chi connectivity index (χ1n) is 8.91. The van der Waals surface area contributed by atoms with E-state index in [1.165, 1.54) is 18.2 Å². The number of nitrogens with zero attached hydrogens (tertiary/aromatic N) is 1. The van der Waals surface area contributed by atoms with Crippen molar-refractivity contribution in [1.82, 2.24) is 4.72 Å². The molecule has 0 amide bonds. The van der Waals surface area contributed by atoms with Gasteiger partial charge in [-0.05, 0) is 36.2 Å². The standard InChI is InChI=1S/C21H22N2O5S/c1-23(2)19-7-3-6-17-16(19)5-4-8-20(17)29(27,28)22-18(21(25)26)13-14-9-11-15(24)12-10-14/h3-12,18,22,24H,13H2,1-2H3,(H,25,26). The van der Waals surface area contributed by atoms with Crippen molar-refractivity contribution in [2.24, 2.45) is 0 Å². The summed E-state index contributed by atoms with van der Waals surface area (Å²) in [5.41, 5.74) is 1.45. The number of hydrogen-bond donors (Lipinski definition) is 3. The second kappa shape index (κ2) is 8.10. The number of nitrogens with one attached hydrogen (secondary N) is 1. The number of anilines is 1. The molecule has 152 valence electrons. The molecule has 0 radical (unpaired) electrons. The maximum absolute atomic E-state index is 13.1. The van der Waals surface area contributed by atoms with Crippen molar-refractivity contribution in [3.8, 4) is 5.75 Å². The lowest BCUT2D eigenvalue weighted by Gasteiger charge is -2.19. The number of carbonyl (C=O) groups is 1. The summed E-state index contributed by atoms with van der Waals surface area (Å²) in [5.74, 6) is -1.23. The number of sulfonamides is 1. The Morgan fingerprint density at radius 3 is 2.24 bits per heavy atom. The van der Waals surface area contributed by atoms with Crippen LogP contribution in [-0.4, -0.2) is 44.7 Å². The van der Waals surface area contributed by atoms with E-state index in [9.17, 15) is 23.4 Å². The van der Waals surface area contributed by atoms with Crippen LogP contribution in [0.25, 0.3) is 10.8 Å². The SMILES string of the molecule is CN(C)c1cccc2c(S(=O)(=O)NC(Cc3ccc(O)cc3)C(=O)O)cccc12. The van der Waals surface area contributed by atoms with Crippen LogP contribution in [0.2, 0.25) is 0 Å². The predicted octanol–water partition coefficient (Wildman–Crippen LogP) is 2.59. The van der Waals surface area contributed by atoms with Gasteiger partial charge in [-0.3, -0.25) is 4.79 Å². The highest BCUT2D eigenvalue weighted by atomic mass is 32.2. The topological polar surface area (TPSA) is 107 Å². The molecule has 0 saturated carbocycles. The van der Waals surface area contributed by atoms with Crippen LogP contribution in [0.15, 0.2) is 65.6 Å². The van der Waals surface area contributed by atoms with Gasteiger partial charge in [-0.25, -0.2) is 8.42 Å². The lowest BCUT2D eigenvalue weighted by Crippen LogP contribution is -2.42. The molecule has 3 aromatic carbocycles. The van der Waals surface area contributed by atoms with Gasteiger partial charge in [0.05, 0.1) is 4.90 Å². The summed E-state index contributed by atoms with van der Waals surface area (Å²) >= 11 is 0. The molecule has 3 rings (SSSR count). The third kappa shape index (κ3) is 4.49. The van der Waals surface area contributed by atoms with Crippen LogP contribution in [0.1, 0.15) is 5.56 Å². The number of phenolic OH excluding ortho intramolecular Hbond substituents is 1. The van der Waals surface area contributed by atoms with Crippen molar-refractivity contribution in [1.29, 1.82) is 0 Å². The molecule has 7 nitrogen and oxygen atoms in total. The first kappa shape index (κ1) is 20.6. The van der Waals surface area contributed by atoms with Gasteiger partial charge in [0.25, 0.3) is 0 Å². The lowest BCUT2D eigenvalue weighted by atomic mass is 10.1. The van der Waals surface area contributed by atoms with Crippen LogP contribution >= 0.6 is 0 Å². The predicted molar refractivity (Wildman–Crippen MR) is 112 cm³/mol. The van der Waals surface area contributed by atoms with Crippen molar-refractivity contribution in [2.75, 3.05) is 19.0 Å². The van der Waals surface area contributed by atoms with Crippen LogP contribution in [0.4, 0.5) is 5.69 Å². The number of aliphatic carboxylic acids is 1. The summed E-state index contributed by atoms with van der Waals surface area (Å²) in [5, 5.41) is 20.2. The number of carboxylic acid groups (broad SMARTS) is 1. The lowest BCUT2D eigenvalue weighted by molar-refractivity contribution is -0.138. The maximum atomic E-state index is 13.1. The van der Waals surface area contributed by atoms with E-state index in [1.807, 2.05) is 31.1 Å². The molecule has 1 unspecified atom stereocenters. The molecule has 29 heavy (non-hydrogen) atoms. The van der Waals surface area contributed by atoms with E-state index in [-0.39, 0.29) is 17.1 Å². The molecular weight excluding hydrogens is 392 g/mol. The van der Waals surface area contributed by atoms with Crippen molar-refractivity contribution in [3.05, 3.63) is 66.2 Å². The normalized spacial score (nSPS) is 12.6. The second-order valence-electron chi connectivity index (χ2n) is 6.91. The van der Waals surface area contributed by atoms with E-state index in [1.54, 1.807) is 30.3 Å². The van der Waals surface area contributed by atoms with Crippen LogP contribution < -0.4 is 9.62 Å². The minimum atomic E-state index is -4.10. The minimum Gasteiger partial charge on any atom is -0.508 e. The van der Waals surface area contributed by atoms with Crippen molar-refractivity contribution < 1.29 is 23.4 Å². The Bertz CT molecular complexity index is 1140. The van der Waals surface area contributed by atoms with Gasteiger partial charge in [0, 0.05) is 30.6 Å². The molecular formula is C21H22N2O5S. The fourth-order valence-corrected chi connectivity index (χ4v) is 4.60. The summed E-state index contributed by atoms with van der Waals surface area (Å²) in [6.07, 6.45) is -0.0530. The quantitative estimate of drug-likeness (QED) is 0.549. The monoisotopic (exact) mass is 414 g/mol. The molecule has 0 fully saturated rings. The summed E-state index contributed by atoms with van der Waals surface area (Å²) in [7, 11) is -0.366. The zero-order valence-electron chi connectivity index (χ0n) is 16.0. The minimum absolute atomic E-state index is 0.0238. The first-order chi connectivity index (χ1) is 13.7. The maximum Gasteiger partial charge on any atom is 0.322 e. The Hall–Kier alpha value is -3.10. The molecule has 0 spiro atoms. The fourth-order valence-electron chi connectivity index (χ4n) is 3.19. The third-order valence-corrected chi connectivity index (χ3v) is 6.13. The van der Waals surface area contributed by atoms with Gasteiger partial charge in [0.2, 0.25) is 10.0 Å². The molecule has 0 aliphatic carbocycles. The average Bonchev–Trinajstić information content (AvgIpc) is 2.67. The van der Waals surface area contributed by atoms with E-state index in [0.717, 1.165) is 11.1 Å². The number of hydrogen-bond acceptors (Lipinski definition) is 5. The molecule has 3 N–H and O–H groups in total. The molecule has 0 aliphatic heterocycles. The molecule has 0 aliphatic rings. The summed E-state index contributed by atoms with van der Waals surface area (Å²) < 4.78 is 28.4. The molecule has 0 heterocycles. The first-order valence-corrected chi connectivity index (χ1v) is 10.4. The number of rotatable bonds is 7. The van der Waals surface area contributed by atoms with Gasteiger partial charge in [0.15, 0.2) is 0 Å². The summed E-state index contributed by atoms with van der Waals surface area (Å²) in [6, 6.07) is 14.9. The van der Waals surface area contributed by atoms with Gasteiger partial charge >= 0.3 is 5.97 Å². The summed E-state index contributed by atoms with van der Waals surface area (Å²) in [4.78, 5) is 13.6. The zero-order valence-corrected chi connectivity index (χ0v) is 16.8. The van der Waals surface area contributed by atoms with Crippen molar-refractivity contribution in [3.63, 3.8) is 0 Å². The highest BCUT2D eigenvalue weighted by Gasteiger charge is 2.27. The van der Waals surface area contributed by atoms with Crippen molar-refractivity contribution in [2.45, 2.75) is 17.4 Å². The highest BCUT2D eigenvalue weighted by molar-refractivity contribution is 7.89. The summed E-state index contributed by atoms with van der Waals surface area (Å²) in [6.45, 7) is 0. The number of benzene rings is 3. The Labute approximate surface area is 169 Å². The van der Waals surface area contributed by atoms with E-state index in [4.69, 9.17) is 0 Å². The van der Waals surface area contributed by atoms with E-state index >= 15 is 0 Å². The van der Waals surface area contributed by atoms with Gasteiger partial charge in [-0.2, -0.15) is 4.72 Å². The number of aromatic hydroxyl groups is 1. The highest BCUT2D eigenvalue weighted by Crippen LogP contribution is 2.30. The van der Waals surface area contributed by atoms with E-state index in [0.29, 0.717) is 10.9 Å². The number of fused-ring (bicyclic) bond motifs is 1. The number of phenols is 1. The molecule has 0 aromatic heterocycles. The molecule has 3 aromatic rings. The van der Waals surface area contributed by atoms with E-state index < -0.39 is 22.0 Å². The molecule has 0 bridgehead atoms. The second-order valence-corrected chi connectivity index (χ2v) is 8.59. The van der Waals surface area contributed by atoms with Gasteiger partial charge in [0.1, 0.15) is 11.8 Å². The van der Waals surface area contributed by atoms with Crippen LogP contribution in [0.5, 0.6) is 5.75 Å². The molecule has 1 atom stereocenters. The largest absolute Gasteiger partial charge is 0.508 e. The Morgan fingerprint density at radius 1 is 1.00 bits per heavy atom. The smallest absolute Gasteiger partial charge is 0.322 e.